The molecule has 0 amide bonds. The molecule has 5 aromatic rings. The van der Waals surface area contributed by atoms with Crippen LogP contribution in [0.2, 0.25) is 0 Å². The van der Waals surface area contributed by atoms with Crippen LogP contribution in [0.3, 0.4) is 0 Å². The molecule has 1 fully saturated rings. The Balaban J connectivity index is 1.53. The zero-order chi connectivity index (χ0) is 25.1. The molecule has 3 aromatic carbocycles. The number of pyridine rings is 1. The zero-order valence-electron chi connectivity index (χ0n) is 21.6. The lowest BCUT2D eigenvalue weighted by Gasteiger charge is -2.18. The number of rotatable bonds is 3. The summed E-state index contributed by atoms with van der Waals surface area (Å²) in [6.07, 6.45) is 10.8. The van der Waals surface area contributed by atoms with Crippen molar-refractivity contribution < 1.29 is 8.98 Å². The van der Waals surface area contributed by atoms with Crippen LogP contribution in [0.5, 0.6) is 0 Å². The number of nitriles is 1. The molecule has 0 radical (unpaired) electrons. The highest BCUT2D eigenvalue weighted by atomic mass is 16.3. The molecule has 2 aromatic heterocycles. The first-order valence-electron chi connectivity index (χ1n) is 13.6. The minimum Gasteiger partial charge on any atom is -0.454 e. The van der Waals surface area contributed by atoms with E-state index < -0.39 is 0 Å². The number of hydrogen-bond acceptors (Lipinski definition) is 2. The van der Waals surface area contributed by atoms with Gasteiger partial charge in [0.25, 0.3) is 0 Å². The van der Waals surface area contributed by atoms with Gasteiger partial charge in [0.05, 0.1) is 17.2 Å². The van der Waals surface area contributed by atoms with Crippen molar-refractivity contribution >= 4 is 21.9 Å². The smallest absolute Gasteiger partial charge is 0.216 e. The predicted octanol–water partition coefficient (Wildman–Crippen LogP) is 8.07. The Hall–Kier alpha value is -3.90. The Labute approximate surface area is 218 Å². The minimum atomic E-state index is 0.652. The van der Waals surface area contributed by atoms with Crippen LogP contribution in [-0.4, -0.2) is 0 Å². The number of aromatic nitrogens is 1. The first kappa shape index (κ1) is 22.3. The number of nitrogens with zero attached hydrogens (tertiary/aromatic N) is 2. The molecule has 0 aliphatic heterocycles. The summed E-state index contributed by atoms with van der Waals surface area (Å²) in [6, 6.07) is 21.9. The largest absolute Gasteiger partial charge is 0.454 e. The van der Waals surface area contributed by atoms with E-state index in [2.05, 4.69) is 73.3 Å². The Morgan fingerprint density at radius 2 is 1.68 bits per heavy atom. The molecule has 3 nitrogen and oxygen atoms in total. The normalized spacial score (nSPS) is 15.5. The molecule has 7 rings (SSSR count). The van der Waals surface area contributed by atoms with Gasteiger partial charge in [-0.25, -0.2) is 4.57 Å². The predicted molar refractivity (Wildman–Crippen MR) is 148 cm³/mol. The summed E-state index contributed by atoms with van der Waals surface area (Å²) < 4.78 is 8.97. The highest BCUT2D eigenvalue weighted by Crippen LogP contribution is 2.45. The van der Waals surface area contributed by atoms with Crippen LogP contribution >= 0.6 is 0 Å². The van der Waals surface area contributed by atoms with Gasteiger partial charge in [0.1, 0.15) is 18.2 Å². The van der Waals surface area contributed by atoms with Crippen LogP contribution in [0.25, 0.3) is 44.3 Å². The molecule has 37 heavy (non-hydrogen) atoms. The molecule has 0 spiro atoms. The second-order valence-corrected chi connectivity index (χ2v) is 10.9. The number of benzene rings is 3. The number of fused-ring (bicyclic) bond motifs is 4. The van der Waals surface area contributed by atoms with Crippen molar-refractivity contribution in [2.45, 2.75) is 57.8 Å². The molecule has 0 N–H and O–H groups in total. The van der Waals surface area contributed by atoms with Crippen LogP contribution in [0.1, 0.15) is 65.8 Å². The Bertz CT molecular complexity index is 1740. The van der Waals surface area contributed by atoms with Crippen LogP contribution in [0.4, 0.5) is 0 Å². The molecule has 0 bridgehead atoms. The van der Waals surface area contributed by atoms with Crippen molar-refractivity contribution in [2.24, 2.45) is 7.05 Å². The number of aryl methyl sites for hydroxylation is 3. The summed E-state index contributed by atoms with van der Waals surface area (Å²) in [5.74, 6) is 0.652. The highest BCUT2D eigenvalue weighted by Gasteiger charge is 2.27. The molecular formula is C34H31N2O+. The van der Waals surface area contributed by atoms with E-state index >= 15 is 0 Å². The fourth-order valence-corrected chi connectivity index (χ4v) is 6.97. The van der Waals surface area contributed by atoms with Gasteiger partial charge in [-0.2, -0.15) is 5.26 Å². The molecule has 2 aliphatic rings. The van der Waals surface area contributed by atoms with Gasteiger partial charge in [-0.1, -0.05) is 37.1 Å². The maximum atomic E-state index is 10.2. The van der Waals surface area contributed by atoms with Gasteiger partial charge in [-0.05, 0) is 91.0 Å². The van der Waals surface area contributed by atoms with E-state index in [9.17, 15) is 5.26 Å². The third-order valence-corrected chi connectivity index (χ3v) is 8.78. The summed E-state index contributed by atoms with van der Waals surface area (Å²) in [7, 11) is 2.07. The Kier molecular flexibility index (Phi) is 5.18. The maximum Gasteiger partial charge on any atom is 0.216 e. The van der Waals surface area contributed by atoms with Crippen molar-refractivity contribution in [2.75, 3.05) is 0 Å². The average molecular weight is 484 g/mol. The van der Waals surface area contributed by atoms with E-state index in [1.165, 1.54) is 55.2 Å². The third kappa shape index (κ3) is 3.43. The fourth-order valence-electron chi connectivity index (χ4n) is 6.97. The van der Waals surface area contributed by atoms with Crippen LogP contribution < -0.4 is 4.57 Å². The number of furan rings is 1. The van der Waals surface area contributed by atoms with Gasteiger partial charge < -0.3 is 4.42 Å². The lowest BCUT2D eigenvalue weighted by molar-refractivity contribution is -0.660. The molecule has 0 saturated heterocycles. The van der Waals surface area contributed by atoms with Gasteiger partial charge in [-0.15, -0.1) is 0 Å². The summed E-state index contributed by atoms with van der Waals surface area (Å²) in [5.41, 5.74) is 12.5. The topological polar surface area (TPSA) is 40.8 Å². The average Bonchev–Trinajstić information content (AvgIpc) is 3.68. The van der Waals surface area contributed by atoms with E-state index in [0.717, 1.165) is 50.7 Å². The first-order chi connectivity index (χ1) is 18.1. The molecule has 1 saturated carbocycles. The summed E-state index contributed by atoms with van der Waals surface area (Å²) in [6.45, 7) is 2.14. The Morgan fingerprint density at radius 3 is 2.46 bits per heavy atom. The summed E-state index contributed by atoms with van der Waals surface area (Å²) >= 11 is 0. The molecule has 3 heteroatoms. The first-order valence-corrected chi connectivity index (χ1v) is 13.6. The molecule has 0 unspecified atom stereocenters. The van der Waals surface area contributed by atoms with Crippen LogP contribution in [0.15, 0.2) is 65.2 Å². The fraction of sp³-hybridized carbons (Fsp3) is 0.294. The van der Waals surface area contributed by atoms with E-state index in [1.807, 2.05) is 12.1 Å². The highest BCUT2D eigenvalue weighted by molar-refractivity contribution is 6.14. The van der Waals surface area contributed by atoms with E-state index in [-0.39, 0.29) is 0 Å². The van der Waals surface area contributed by atoms with Crippen molar-refractivity contribution in [3.63, 3.8) is 0 Å². The van der Waals surface area contributed by atoms with Crippen molar-refractivity contribution in [1.82, 2.24) is 0 Å². The van der Waals surface area contributed by atoms with Gasteiger partial charge >= 0.3 is 0 Å². The summed E-state index contributed by atoms with van der Waals surface area (Å²) in [4.78, 5) is 0. The Morgan fingerprint density at radius 1 is 0.892 bits per heavy atom. The SMILES string of the molecule is Cc1ccc2c(oc3c(-c4cc5c(c(C6CCCC6)c4)CCC5)c(C#N)ccc32)c1-c1cccc[n+]1C. The minimum absolute atomic E-state index is 0.652. The molecule has 0 atom stereocenters. The maximum absolute atomic E-state index is 10.2. The zero-order valence-corrected chi connectivity index (χ0v) is 21.6. The third-order valence-electron chi connectivity index (χ3n) is 8.78. The quantitative estimate of drug-likeness (QED) is 0.243. The standard InChI is InChI=1S/C34H31N2O/c1-21-13-15-27-28-16-14-24(20-35)32(34(28)37-33(27)31(21)30-12-5-6-17-36(30)2)25-18-23-10-7-11-26(23)29(19-25)22-8-3-4-9-22/h5-6,12-19,22H,3-4,7-11H2,1-2H3/q+1. The molecular weight excluding hydrogens is 452 g/mol. The van der Waals surface area contributed by atoms with E-state index in [1.54, 1.807) is 5.56 Å². The number of hydrogen-bond donors (Lipinski definition) is 0. The van der Waals surface area contributed by atoms with Gasteiger partial charge in [-0.3, -0.25) is 0 Å². The lowest BCUT2D eigenvalue weighted by Crippen LogP contribution is -2.30. The van der Waals surface area contributed by atoms with Crippen molar-refractivity contribution in [3.8, 4) is 28.5 Å². The van der Waals surface area contributed by atoms with E-state index in [4.69, 9.17) is 4.42 Å². The van der Waals surface area contributed by atoms with Crippen LogP contribution in [0, 0.1) is 18.3 Å². The molecule has 2 aliphatic carbocycles. The van der Waals surface area contributed by atoms with Gasteiger partial charge in [0.15, 0.2) is 6.20 Å². The second-order valence-electron chi connectivity index (χ2n) is 10.9. The monoisotopic (exact) mass is 483 g/mol. The molecule has 2 heterocycles. The second kappa shape index (κ2) is 8.60. The van der Waals surface area contributed by atoms with Crippen molar-refractivity contribution in [1.29, 1.82) is 5.26 Å². The van der Waals surface area contributed by atoms with E-state index in [0.29, 0.717) is 11.5 Å². The summed E-state index contributed by atoms with van der Waals surface area (Å²) in [5, 5.41) is 12.4. The van der Waals surface area contributed by atoms with Crippen molar-refractivity contribution in [3.05, 3.63) is 88.6 Å². The van der Waals surface area contributed by atoms with Gasteiger partial charge in [0, 0.05) is 28.5 Å². The molecule has 182 valence electrons. The van der Waals surface area contributed by atoms with Crippen LogP contribution in [-0.2, 0) is 19.9 Å². The van der Waals surface area contributed by atoms with Gasteiger partial charge in [0.2, 0.25) is 5.69 Å². The lowest BCUT2D eigenvalue weighted by atomic mass is 9.86.